The van der Waals surface area contributed by atoms with Crippen molar-refractivity contribution in [3.63, 3.8) is 0 Å². The molecule has 0 saturated carbocycles. The summed E-state index contributed by atoms with van der Waals surface area (Å²) in [5.41, 5.74) is 1.83. The fourth-order valence-corrected chi connectivity index (χ4v) is 2.57. The van der Waals surface area contributed by atoms with E-state index in [2.05, 4.69) is 20.6 Å². The maximum Gasteiger partial charge on any atom is 0.255 e. The van der Waals surface area contributed by atoms with Crippen LogP contribution in [0.15, 0.2) is 67.0 Å². The molecule has 0 saturated heterocycles. The lowest BCUT2D eigenvalue weighted by Crippen LogP contribution is -2.28. The van der Waals surface area contributed by atoms with Crippen LogP contribution < -0.4 is 15.4 Å². The molecule has 1 aromatic heterocycles. The van der Waals surface area contributed by atoms with Gasteiger partial charge < -0.3 is 15.4 Å². The first kappa shape index (κ1) is 19.0. The molecule has 7 heteroatoms. The van der Waals surface area contributed by atoms with E-state index in [1.165, 1.54) is 7.11 Å². The molecule has 7 nitrogen and oxygen atoms in total. The van der Waals surface area contributed by atoms with Crippen molar-refractivity contribution in [3.8, 4) is 17.1 Å². The van der Waals surface area contributed by atoms with E-state index >= 15 is 0 Å². The molecule has 0 radical (unpaired) electrons. The summed E-state index contributed by atoms with van der Waals surface area (Å²) in [4.78, 5) is 32.8. The summed E-state index contributed by atoms with van der Waals surface area (Å²) in [5.74, 6) is 0.542. The fourth-order valence-electron chi connectivity index (χ4n) is 2.57. The summed E-state index contributed by atoms with van der Waals surface area (Å²) < 4.78 is 5.16. The molecular weight excluding hydrogens is 356 g/mol. The molecule has 0 aliphatic rings. The molecule has 28 heavy (non-hydrogen) atoms. The number of amides is 2. The van der Waals surface area contributed by atoms with Crippen molar-refractivity contribution in [2.45, 2.75) is 6.42 Å². The predicted octanol–water partition coefficient (Wildman–Crippen LogP) is 2.91. The molecule has 1 heterocycles. The molecular formula is C21H20N4O3. The number of para-hydroxylation sites is 1. The Bertz CT molecular complexity index is 943. The Morgan fingerprint density at radius 3 is 2.36 bits per heavy atom. The van der Waals surface area contributed by atoms with Gasteiger partial charge in [0.25, 0.3) is 5.91 Å². The average molecular weight is 376 g/mol. The number of carbonyl (C=O) groups excluding carboxylic acids is 2. The highest BCUT2D eigenvalue weighted by Crippen LogP contribution is 2.17. The molecule has 3 rings (SSSR count). The number of carbonyl (C=O) groups is 2. The standard InChI is InChI=1S/C21H20N4O3/c1-28-18-10-6-5-9-17(18)21(27)22-12-11-19(26)25-16-13-23-20(24-14-16)15-7-3-2-4-8-15/h2-10,13-14H,11-12H2,1H3,(H,22,27)(H,25,26). The molecule has 0 bridgehead atoms. The molecule has 3 aromatic rings. The summed E-state index contributed by atoms with van der Waals surface area (Å²) in [6, 6.07) is 16.5. The molecule has 0 unspecified atom stereocenters. The monoisotopic (exact) mass is 376 g/mol. The van der Waals surface area contributed by atoms with E-state index < -0.39 is 0 Å². The largest absolute Gasteiger partial charge is 0.496 e. The second-order valence-electron chi connectivity index (χ2n) is 5.92. The number of rotatable bonds is 7. The second-order valence-corrected chi connectivity index (χ2v) is 5.92. The zero-order chi connectivity index (χ0) is 19.8. The van der Waals surface area contributed by atoms with Crippen LogP contribution in [-0.4, -0.2) is 35.4 Å². The van der Waals surface area contributed by atoms with E-state index in [-0.39, 0.29) is 24.8 Å². The average Bonchev–Trinajstić information content (AvgIpc) is 2.74. The summed E-state index contributed by atoms with van der Waals surface area (Å²) >= 11 is 0. The zero-order valence-corrected chi connectivity index (χ0v) is 15.4. The van der Waals surface area contributed by atoms with E-state index in [0.717, 1.165) is 5.56 Å². The van der Waals surface area contributed by atoms with Crippen LogP contribution in [0.25, 0.3) is 11.4 Å². The molecule has 2 aromatic carbocycles. The Morgan fingerprint density at radius 2 is 1.64 bits per heavy atom. The number of anilines is 1. The Hall–Kier alpha value is -3.74. The molecule has 0 aliphatic carbocycles. The van der Waals surface area contributed by atoms with Gasteiger partial charge in [0.05, 0.1) is 30.8 Å². The van der Waals surface area contributed by atoms with E-state index in [1.54, 1.807) is 36.7 Å². The molecule has 2 amide bonds. The Kier molecular flexibility index (Phi) is 6.30. The summed E-state index contributed by atoms with van der Waals surface area (Å²) in [7, 11) is 1.50. The van der Waals surface area contributed by atoms with Crippen molar-refractivity contribution in [2.24, 2.45) is 0 Å². The molecule has 0 spiro atoms. The number of aromatic nitrogens is 2. The minimum atomic E-state index is -0.291. The second kappa shape index (κ2) is 9.27. The third-order valence-corrected chi connectivity index (χ3v) is 3.96. The van der Waals surface area contributed by atoms with Gasteiger partial charge >= 0.3 is 0 Å². The first-order valence-corrected chi connectivity index (χ1v) is 8.76. The smallest absolute Gasteiger partial charge is 0.255 e. The van der Waals surface area contributed by atoms with Crippen LogP contribution in [0.2, 0.25) is 0 Å². The van der Waals surface area contributed by atoms with Gasteiger partial charge in [-0.2, -0.15) is 0 Å². The fraction of sp³-hybridized carbons (Fsp3) is 0.143. The molecule has 142 valence electrons. The van der Waals surface area contributed by atoms with E-state index in [0.29, 0.717) is 22.8 Å². The lowest BCUT2D eigenvalue weighted by molar-refractivity contribution is -0.116. The lowest BCUT2D eigenvalue weighted by Gasteiger charge is -2.09. The van der Waals surface area contributed by atoms with Gasteiger partial charge in [-0.3, -0.25) is 9.59 Å². The predicted molar refractivity (Wildman–Crippen MR) is 106 cm³/mol. The summed E-state index contributed by atoms with van der Waals surface area (Å²) in [6.45, 7) is 0.200. The van der Waals surface area contributed by atoms with E-state index in [4.69, 9.17) is 4.74 Å². The van der Waals surface area contributed by atoms with Crippen LogP contribution in [0.5, 0.6) is 5.75 Å². The highest BCUT2D eigenvalue weighted by Gasteiger charge is 2.11. The first-order chi connectivity index (χ1) is 13.7. The van der Waals surface area contributed by atoms with E-state index in [9.17, 15) is 9.59 Å². The van der Waals surface area contributed by atoms with Gasteiger partial charge in [-0.25, -0.2) is 9.97 Å². The number of ether oxygens (including phenoxy) is 1. The highest BCUT2D eigenvalue weighted by atomic mass is 16.5. The van der Waals surface area contributed by atoms with Crippen LogP contribution in [-0.2, 0) is 4.79 Å². The highest BCUT2D eigenvalue weighted by molar-refractivity contribution is 5.97. The SMILES string of the molecule is COc1ccccc1C(=O)NCCC(=O)Nc1cnc(-c2ccccc2)nc1. The first-order valence-electron chi connectivity index (χ1n) is 8.76. The van der Waals surface area contributed by atoms with Gasteiger partial charge in [0.2, 0.25) is 5.91 Å². The van der Waals surface area contributed by atoms with Crippen molar-refractivity contribution >= 4 is 17.5 Å². The minimum Gasteiger partial charge on any atom is -0.496 e. The topological polar surface area (TPSA) is 93.2 Å². The maximum absolute atomic E-state index is 12.2. The van der Waals surface area contributed by atoms with Crippen molar-refractivity contribution in [1.82, 2.24) is 15.3 Å². The van der Waals surface area contributed by atoms with Crippen molar-refractivity contribution < 1.29 is 14.3 Å². The number of benzene rings is 2. The van der Waals surface area contributed by atoms with Crippen LogP contribution in [0.1, 0.15) is 16.8 Å². The van der Waals surface area contributed by atoms with Crippen molar-refractivity contribution in [2.75, 3.05) is 19.0 Å². The van der Waals surface area contributed by atoms with Crippen LogP contribution in [0, 0.1) is 0 Å². The lowest BCUT2D eigenvalue weighted by atomic mass is 10.2. The van der Waals surface area contributed by atoms with Gasteiger partial charge in [0.15, 0.2) is 5.82 Å². The Morgan fingerprint density at radius 1 is 0.964 bits per heavy atom. The number of hydrogen-bond acceptors (Lipinski definition) is 5. The third-order valence-electron chi connectivity index (χ3n) is 3.96. The third kappa shape index (κ3) is 4.91. The summed E-state index contributed by atoms with van der Waals surface area (Å²) in [5, 5.41) is 5.43. The van der Waals surface area contributed by atoms with Gasteiger partial charge in [-0.1, -0.05) is 42.5 Å². The van der Waals surface area contributed by atoms with Crippen molar-refractivity contribution in [3.05, 3.63) is 72.6 Å². The molecule has 0 aliphatic heterocycles. The Labute approximate surface area is 162 Å². The zero-order valence-electron chi connectivity index (χ0n) is 15.4. The number of methoxy groups -OCH3 is 1. The Balaban J connectivity index is 1.49. The van der Waals surface area contributed by atoms with Crippen LogP contribution in [0.3, 0.4) is 0 Å². The quantitative estimate of drug-likeness (QED) is 0.661. The van der Waals surface area contributed by atoms with Gasteiger partial charge in [-0.05, 0) is 12.1 Å². The minimum absolute atomic E-state index is 0.126. The van der Waals surface area contributed by atoms with Gasteiger partial charge in [0.1, 0.15) is 5.75 Å². The number of nitrogens with one attached hydrogen (secondary N) is 2. The normalized spacial score (nSPS) is 10.2. The van der Waals surface area contributed by atoms with Crippen LogP contribution in [0.4, 0.5) is 5.69 Å². The van der Waals surface area contributed by atoms with Crippen LogP contribution >= 0.6 is 0 Å². The van der Waals surface area contributed by atoms with Gasteiger partial charge in [-0.15, -0.1) is 0 Å². The molecule has 0 atom stereocenters. The molecule has 2 N–H and O–H groups in total. The number of hydrogen-bond donors (Lipinski definition) is 2. The van der Waals surface area contributed by atoms with Gasteiger partial charge in [0, 0.05) is 18.5 Å². The maximum atomic E-state index is 12.2. The van der Waals surface area contributed by atoms with Crippen molar-refractivity contribution in [1.29, 1.82) is 0 Å². The summed E-state index contributed by atoms with van der Waals surface area (Å²) in [6.07, 6.45) is 3.24. The molecule has 0 fully saturated rings. The van der Waals surface area contributed by atoms with E-state index in [1.807, 2.05) is 30.3 Å². The number of nitrogens with zero attached hydrogens (tertiary/aromatic N) is 2.